The summed E-state index contributed by atoms with van der Waals surface area (Å²) in [6.07, 6.45) is 5.46. The zero-order chi connectivity index (χ0) is 17.5. The first-order chi connectivity index (χ1) is 11.5. The van der Waals surface area contributed by atoms with Crippen molar-refractivity contribution >= 4 is 11.6 Å². The molecule has 0 heterocycles. The summed E-state index contributed by atoms with van der Waals surface area (Å²) in [5.41, 5.74) is 0.668. The summed E-state index contributed by atoms with van der Waals surface area (Å²) in [7, 11) is 3.19. The Labute approximate surface area is 145 Å². The van der Waals surface area contributed by atoms with E-state index >= 15 is 0 Å². The summed E-state index contributed by atoms with van der Waals surface area (Å²) < 4.78 is 10.5. The Morgan fingerprint density at radius 3 is 2.75 bits per heavy atom. The van der Waals surface area contributed by atoms with E-state index in [0.29, 0.717) is 29.6 Å². The Balaban J connectivity index is 1.86. The molecule has 3 unspecified atom stereocenters. The van der Waals surface area contributed by atoms with Crippen molar-refractivity contribution in [1.29, 1.82) is 0 Å². The monoisotopic (exact) mass is 334 g/mol. The summed E-state index contributed by atoms with van der Waals surface area (Å²) in [5.74, 6) is 2.07. The number of hydrogen-bond acceptors (Lipinski definition) is 4. The molecule has 0 aromatic heterocycles. The van der Waals surface area contributed by atoms with Crippen LogP contribution in [0.25, 0.3) is 0 Å². The van der Waals surface area contributed by atoms with E-state index in [0.717, 1.165) is 5.92 Å². The number of ether oxygens (including phenoxy) is 2. The first-order valence-corrected chi connectivity index (χ1v) is 8.79. The second-order valence-electron chi connectivity index (χ2n) is 6.85. The minimum absolute atomic E-state index is 0.0117. The first kappa shape index (κ1) is 18.6. The van der Waals surface area contributed by atoms with E-state index < -0.39 is 0 Å². The molecule has 0 saturated heterocycles. The van der Waals surface area contributed by atoms with Crippen LogP contribution in [0.15, 0.2) is 18.2 Å². The van der Waals surface area contributed by atoms with Gasteiger partial charge < -0.3 is 20.1 Å². The molecule has 1 aliphatic rings. The predicted molar refractivity (Wildman–Crippen MR) is 96.8 cm³/mol. The van der Waals surface area contributed by atoms with Gasteiger partial charge in [0.25, 0.3) is 0 Å². The molecular weight excluding hydrogens is 304 g/mol. The van der Waals surface area contributed by atoms with Gasteiger partial charge in [0.2, 0.25) is 5.91 Å². The van der Waals surface area contributed by atoms with Crippen LogP contribution >= 0.6 is 0 Å². The molecule has 1 aromatic rings. The number of hydrogen-bond donors (Lipinski definition) is 2. The Morgan fingerprint density at radius 2 is 2.08 bits per heavy atom. The van der Waals surface area contributed by atoms with Crippen molar-refractivity contribution in [3.05, 3.63) is 18.2 Å². The highest BCUT2D eigenvalue weighted by Gasteiger charge is 2.21. The molecule has 0 bridgehead atoms. The molecule has 1 saturated carbocycles. The lowest BCUT2D eigenvalue weighted by molar-refractivity contribution is -0.116. The lowest BCUT2D eigenvalue weighted by atomic mass is 9.86. The van der Waals surface area contributed by atoms with Crippen LogP contribution in [0.4, 0.5) is 5.69 Å². The summed E-state index contributed by atoms with van der Waals surface area (Å²) in [4.78, 5) is 12.3. The fourth-order valence-corrected chi connectivity index (χ4v) is 3.43. The highest BCUT2D eigenvalue weighted by atomic mass is 16.5. The van der Waals surface area contributed by atoms with Crippen LogP contribution in [-0.4, -0.2) is 32.2 Å². The molecule has 2 N–H and O–H groups in total. The maximum atomic E-state index is 12.3. The van der Waals surface area contributed by atoms with Gasteiger partial charge in [0.15, 0.2) is 0 Å². The van der Waals surface area contributed by atoms with Gasteiger partial charge in [0, 0.05) is 24.6 Å². The van der Waals surface area contributed by atoms with Crippen molar-refractivity contribution in [2.45, 2.75) is 58.0 Å². The molecule has 0 aliphatic heterocycles. The number of carbonyl (C=O) groups is 1. The molecule has 1 aliphatic carbocycles. The number of amides is 1. The number of rotatable bonds is 7. The van der Waals surface area contributed by atoms with Crippen LogP contribution < -0.4 is 20.1 Å². The van der Waals surface area contributed by atoms with Crippen molar-refractivity contribution in [2.24, 2.45) is 5.92 Å². The molecule has 5 heteroatoms. The lowest BCUT2D eigenvalue weighted by Crippen LogP contribution is -2.41. The van der Waals surface area contributed by atoms with Gasteiger partial charge in [-0.3, -0.25) is 4.79 Å². The van der Waals surface area contributed by atoms with Crippen LogP contribution in [-0.2, 0) is 4.79 Å². The summed E-state index contributed by atoms with van der Waals surface area (Å²) in [6, 6.07) is 6.07. The Morgan fingerprint density at radius 1 is 1.29 bits per heavy atom. The highest BCUT2D eigenvalue weighted by Crippen LogP contribution is 2.29. The van der Waals surface area contributed by atoms with Gasteiger partial charge in [0.05, 0.1) is 19.9 Å². The molecule has 0 spiro atoms. The molecule has 1 fully saturated rings. The second kappa shape index (κ2) is 8.92. The molecule has 5 nitrogen and oxygen atoms in total. The lowest BCUT2D eigenvalue weighted by Gasteiger charge is -2.30. The number of benzene rings is 1. The summed E-state index contributed by atoms with van der Waals surface area (Å²) in [6.45, 7) is 4.38. The number of methoxy groups -OCH3 is 2. The van der Waals surface area contributed by atoms with E-state index in [-0.39, 0.29) is 11.9 Å². The van der Waals surface area contributed by atoms with Gasteiger partial charge in [-0.15, -0.1) is 0 Å². The van der Waals surface area contributed by atoms with E-state index in [9.17, 15) is 4.79 Å². The SMILES string of the molecule is COc1ccc(NC(=O)CC(C)NC2CCCC(C)C2)c(OC)c1. The highest BCUT2D eigenvalue weighted by molar-refractivity contribution is 5.92. The molecule has 1 aromatic carbocycles. The van der Waals surface area contributed by atoms with Crippen molar-refractivity contribution in [3.63, 3.8) is 0 Å². The topological polar surface area (TPSA) is 59.6 Å². The van der Waals surface area contributed by atoms with Crippen LogP contribution in [0.2, 0.25) is 0 Å². The largest absolute Gasteiger partial charge is 0.497 e. The Hall–Kier alpha value is -1.75. The third-order valence-corrected chi connectivity index (χ3v) is 4.63. The molecule has 24 heavy (non-hydrogen) atoms. The zero-order valence-electron chi connectivity index (χ0n) is 15.2. The van der Waals surface area contributed by atoms with E-state index in [1.165, 1.54) is 25.7 Å². The quantitative estimate of drug-likeness (QED) is 0.800. The Bertz CT molecular complexity index is 547. The van der Waals surface area contributed by atoms with Gasteiger partial charge in [-0.1, -0.05) is 19.8 Å². The van der Waals surface area contributed by atoms with Crippen LogP contribution in [0, 0.1) is 5.92 Å². The average molecular weight is 334 g/mol. The van der Waals surface area contributed by atoms with Crippen molar-refractivity contribution < 1.29 is 14.3 Å². The number of carbonyl (C=O) groups excluding carboxylic acids is 1. The predicted octanol–water partition coefficient (Wildman–Crippen LogP) is 3.59. The summed E-state index contributed by atoms with van der Waals surface area (Å²) in [5, 5.41) is 6.53. The molecule has 0 radical (unpaired) electrons. The molecule has 2 rings (SSSR count). The minimum atomic E-state index is -0.0117. The van der Waals surface area contributed by atoms with Gasteiger partial charge >= 0.3 is 0 Å². The normalized spacial score (nSPS) is 21.8. The fourth-order valence-electron chi connectivity index (χ4n) is 3.43. The maximum absolute atomic E-state index is 12.3. The van der Waals surface area contributed by atoms with Crippen molar-refractivity contribution in [2.75, 3.05) is 19.5 Å². The number of nitrogens with one attached hydrogen (secondary N) is 2. The molecule has 3 atom stereocenters. The second-order valence-corrected chi connectivity index (χ2v) is 6.85. The standard InChI is InChI=1S/C19H30N2O3/c1-13-6-5-7-15(10-13)20-14(2)11-19(22)21-17-9-8-16(23-3)12-18(17)24-4/h8-9,12-15,20H,5-7,10-11H2,1-4H3,(H,21,22). The third-order valence-electron chi connectivity index (χ3n) is 4.63. The minimum Gasteiger partial charge on any atom is -0.497 e. The maximum Gasteiger partial charge on any atom is 0.226 e. The van der Waals surface area contributed by atoms with Gasteiger partial charge in [-0.25, -0.2) is 0 Å². The Kier molecular flexibility index (Phi) is 6.91. The van der Waals surface area contributed by atoms with Crippen molar-refractivity contribution in [1.82, 2.24) is 5.32 Å². The third kappa shape index (κ3) is 5.41. The number of anilines is 1. The van der Waals surface area contributed by atoms with E-state index in [1.54, 1.807) is 26.4 Å². The van der Waals surface area contributed by atoms with Crippen molar-refractivity contribution in [3.8, 4) is 11.5 Å². The van der Waals surface area contributed by atoms with E-state index in [1.807, 2.05) is 6.07 Å². The van der Waals surface area contributed by atoms with Crippen LogP contribution in [0.1, 0.15) is 46.0 Å². The smallest absolute Gasteiger partial charge is 0.226 e. The molecule has 134 valence electrons. The van der Waals surface area contributed by atoms with Gasteiger partial charge in [-0.2, -0.15) is 0 Å². The average Bonchev–Trinajstić information content (AvgIpc) is 2.54. The zero-order valence-corrected chi connectivity index (χ0v) is 15.2. The van der Waals surface area contributed by atoms with Crippen LogP contribution in [0.3, 0.4) is 0 Å². The van der Waals surface area contributed by atoms with E-state index in [4.69, 9.17) is 9.47 Å². The van der Waals surface area contributed by atoms with Gasteiger partial charge in [-0.05, 0) is 37.8 Å². The first-order valence-electron chi connectivity index (χ1n) is 8.79. The fraction of sp³-hybridized carbons (Fsp3) is 0.632. The van der Waals surface area contributed by atoms with E-state index in [2.05, 4.69) is 24.5 Å². The summed E-state index contributed by atoms with van der Waals surface area (Å²) >= 11 is 0. The molecular formula is C19H30N2O3. The molecule has 1 amide bonds. The van der Waals surface area contributed by atoms with Gasteiger partial charge in [0.1, 0.15) is 11.5 Å². The van der Waals surface area contributed by atoms with Crippen LogP contribution in [0.5, 0.6) is 11.5 Å².